The fraction of sp³-hybridized carbons (Fsp3) is 0.240. The molecule has 3 aromatic rings. The van der Waals surface area contributed by atoms with Gasteiger partial charge >= 0.3 is 0 Å². The van der Waals surface area contributed by atoms with Crippen LogP contribution in [0, 0.1) is 6.92 Å². The second kappa shape index (κ2) is 10.6. The summed E-state index contributed by atoms with van der Waals surface area (Å²) < 4.78 is 17.1. The minimum Gasteiger partial charge on any atom is -0.490 e. The molecule has 0 amide bonds. The van der Waals surface area contributed by atoms with E-state index in [1.807, 2.05) is 81.4 Å². The molecule has 5 heteroatoms. The number of thiophene rings is 1. The zero-order chi connectivity index (χ0) is 21.3. The number of hydrogen-bond donors (Lipinski definition) is 0. The van der Waals surface area contributed by atoms with Gasteiger partial charge in [-0.05, 0) is 74.4 Å². The molecule has 0 N–H and O–H groups in total. The van der Waals surface area contributed by atoms with Gasteiger partial charge in [0.15, 0.2) is 17.3 Å². The molecule has 0 radical (unpaired) electrons. The maximum absolute atomic E-state index is 12.2. The molecule has 0 aliphatic rings. The summed E-state index contributed by atoms with van der Waals surface area (Å²) in [6.45, 7) is 7.49. The molecule has 0 saturated heterocycles. The van der Waals surface area contributed by atoms with Gasteiger partial charge in [-0.2, -0.15) is 0 Å². The van der Waals surface area contributed by atoms with Crippen molar-refractivity contribution in [1.29, 1.82) is 0 Å². The number of ketones is 1. The highest BCUT2D eigenvalue weighted by Crippen LogP contribution is 2.29. The lowest BCUT2D eigenvalue weighted by Gasteiger charge is -2.13. The highest BCUT2D eigenvalue weighted by atomic mass is 32.1. The number of allylic oxidation sites excluding steroid dienone is 1. The molecule has 0 aliphatic carbocycles. The van der Waals surface area contributed by atoms with Crippen LogP contribution in [0.4, 0.5) is 0 Å². The number of aryl methyl sites for hydroxylation is 1. The van der Waals surface area contributed by atoms with Crippen LogP contribution < -0.4 is 14.2 Å². The second-order valence-electron chi connectivity index (χ2n) is 6.61. The molecule has 30 heavy (non-hydrogen) atoms. The Morgan fingerprint density at radius 3 is 2.30 bits per heavy atom. The van der Waals surface area contributed by atoms with Crippen molar-refractivity contribution in [2.24, 2.45) is 0 Å². The van der Waals surface area contributed by atoms with Crippen LogP contribution in [0.25, 0.3) is 6.08 Å². The zero-order valence-corrected chi connectivity index (χ0v) is 18.3. The van der Waals surface area contributed by atoms with E-state index in [-0.39, 0.29) is 5.78 Å². The third-order valence-electron chi connectivity index (χ3n) is 4.30. The molecule has 0 bridgehead atoms. The first-order chi connectivity index (χ1) is 14.6. The van der Waals surface area contributed by atoms with Gasteiger partial charge < -0.3 is 14.2 Å². The maximum atomic E-state index is 12.2. The Bertz CT molecular complexity index is 1000. The van der Waals surface area contributed by atoms with E-state index >= 15 is 0 Å². The van der Waals surface area contributed by atoms with Crippen LogP contribution >= 0.6 is 11.3 Å². The number of ether oxygens (including phenoxy) is 3. The van der Waals surface area contributed by atoms with Crippen molar-refractivity contribution in [3.8, 4) is 17.2 Å². The minimum absolute atomic E-state index is 0.0222. The van der Waals surface area contributed by atoms with Gasteiger partial charge in [-0.15, -0.1) is 11.3 Å². The molecule has 156 valence electrons. The van der Waals surface area contributed by atoms with Crippen LogP contribution in [0.15, 0.2) is 60.7 Å². The summed E-state index contributed by atoms with van der Waals surface area (Å²) >= 11 is 1.51. The van der Waals surface area contributed by atoms with E-state index in [0.717, 1.165) is 38.1 Å². The lowest BCUT2D eigenvalue weighted by molar-refractivity contribution is 0.105. The molecule has 0 spiro atoms. The summed E-state index contributed by atoms with van der Waals surface area (Å²) in [5.41, 5.74) is 1.95. The summed E-state index contributed by atoms with van der Waals surface area (Å²) in [5, 5.41) is 0. The third-order valence-corrected chi connectivity index (χ3v) is 5.32. The molecule has 3 rings (SSSR count). The van der Waals surface area contributed by atoms with Crippen LogP contribution in [0.5, 0.6) is 17.2 Å². The molecule has 4 nitrogen and oxygen atoms in total. The van der Waals surface area contributed by atoms with Crippen molar-refractivity contribution in [3.05, 3.63) is 81.6 Å². The van der Waals surface area contributed by atoms with E-state index in [2.05, 4.69) is 0 Å². The van der Waals surface area contributed by atoms with Crippen molar-refractivity contribution in [2.45, 2.75) is 27.4 Å². The first-order valence-corrected chi connectivity index (χ1v) is 10.8. The van der Waals surface area contributed by atoms with Gasteiger partial charge in [0.1, 0.15) is 12.4 Å². The first-order valence-electron chi connectivity index (χ1n) is 9.99. The number of rotatable bonds is 10. The monoisotopic (exact) mass is 422 g/mol. The molecule has 1 aromatic heterocycles. The summed E-state index contributed by atoms with van der Waals surface area (Å²) in [4.78, 5) is 14.1. The predicted octanol–water partition coefficient (Wildman–Crippen LogP) is 6.33. The Morgan fingerprint density at radius 2 is 1.63 bits per heavy atom. The van der Waals surface area contributed by atoms with E-state index in [1.165, 1.54) is 11.3 Å². The fourth-order valence-electron chi connectivity index (χ4n) is 2.85. The van der Waals surface area contributed by atoms with E-state index in [0.29, 0.717) is 19.8 Å². The minimum atomic E-state index is 0.0222. The second-order valence-corrected chi connectivity index (χ2v) is 7.90. The number of carbonyl (C=O) groups is 1. The average molecular weight is 423 g/mol. The van der Waals surface area contributed by atoms with Crippen molar-refractivity contribution < 1.29 is 19.0 Å². The lowest BCUT2D eigenvalue weighted by Crippen LogP contribution is -2.01. The topological polar surface area (TPSA) is 44.8 Å². The molecule has 0 saturated carbocycles. The predicted molar refractivity (Wildman–Crippen MR) is 122 cm³/mol. The van der Waals surface area contributed by atoms with Crippen LogP contribution in [0.3, 0.4) is 0 Å². The van der Waals surface area contributed by atoms with Gasteiger partial charge in [-0.3, -0.25) is 4.79 Å². The van der Waals surface area contributed by atoms with Gasteiger partial charge in [0, 0.05) is 4.88 Å². The molecular formula is C25H26O4S. The van der Waals surface area contributed by atoms with Crippen LogP contribution in [-0.2, 0) is 6.61 Å². The Morgan fingerprint density at radius 1 is 0.900 bits per heavy atom. The van der Waals surface area contributed by atoms with Gasteiger partial charge in [0.25, 0.3) is 0 Å². The molecule has 1 heterocycles. The van der Waals surface area contributed by atoms with Crippen molar-refractivity contribution >= 4 is 23.2 Å². The molecule has 0 fully saturated rings. The standard InChI is InChI=1S/C25H26O4S/c1-4-27-23-14-10-20(16-24(23)28-5-2)17-29-21-11-7-19(8-12-21)9-13-22(26)25-15-6-18(3)30-25/h6-16H,4-5,17H2,1-3H3/b13-9+. The van der Waals surface area contributed by atoms with Gasteiger partial charge in [-0.1, -0.05) is 24.3 Å². The van der Waals surface area contributed by atoms with Crippen molar-refractivity contribution in [2.75, 3.05) is 13.2 Å². The maximum Gasteiger partial charge on any atom is 0.195 e. The number of benzene rings is 2. The van der Waals surface area contributed by atoms with Crippen LogP contribution in [0.2, 0.25) is 0 Å². The molecule has 0 unspecified atom stereocenters. The number of hydrogen-bond acceptors (Lipinski definition) is 5. The van der Waals surface area contributed by atoms with Gasteiger partial charge in [0.2, 0.25) is 0 Å². The van der Waals surface area contributed by atoms with E-state index < -0.39 is 0 Å². The van der Waals surface area contributed by atoms with Gasteiger partial charge in [0.05, 0.1) is 18.1 Å². The summed E-state index contributed by atoms with van der Waals surface area (Å²) in [7, 11) is 0. The molecular weight excluding hydrogens is 396 g/mol. The van der Waals surface area contributed by atoms with E-state index in [1.54, 1.807) is 6.08 Å². The normalized spacial score (nSPS) is 10.9. The number of carbonyl (C=O) groups excluding carboxylic acids is 1. The Labute approximate surface area is 181 Å². The molecule has 2 aromatic carbocycles. The van der Waals surface area contributed by atoms with E-state index in [4.69, 9.17) is 14.2 Å². The summed E-state index contributed by atoms with van der Waals surface area (Å²) in [6, 6.07) is 17.3. The fourth-order valence-corrected chi connectivity index (χ4v) is 3.64. The van der Waals surface area contributed by atoms with E-state index in [9.17, 15) is 4.79 Å². The largest absolute Gasteiger partial charge is 0.490 e. The smallest absolute Gasteiger partial charge is 0.195 e. The van der Waals surface area contributed by atoms with Crippen LogP contribution in [0.1, 0.15) is 39.5 Å². The quantitative estimate of drug-likeness (QED) is 0.283. The highest BCUT2D eigenvalue weighted by Gasteiger charge is 2.07. The average Bonchev–Trinajstić information content (AvgIpc) is 3.19. The van der Waals surface area contributed by atoms with Crippen molar-refractivity contribution in [3.63, 3.8) is 0 Å². The third kappa shape index (κ3) is 5.97. The van der Waals surface area contributed by atoms with Gasteiger partial charge in [-0.25, -0.2) is 0 Å². The van der Waals surface area contributed by atoms with Crippen LogP contribution in [-0.4, -0.2) is 19.0 Å². The Hall–Kier alpha value is -3.05. The highest BCUT2D eigenvalue weighted by molar-refractivity contribution is 7.14. The molecule has 0 atom stereocenters. The molecule has 0 aliphatic heterocycles. The first kappa shape index (κ1) is 21.7. The SMILES string of the molecule is CCOc1ccc(COc2ccc(/C=C/C(=O)c3ccc(C)s3)cc2)cc1OCC. The summed E-state index contributed by atoms with van der Waals surface area (Å²) in [6.07, 6.45) is 3.43. The lowest BCUT2D eigenvalue weighted by atomic mass is 10.1. The Kier molecular flexibility index (Phi) is 7.69. The summed E-state index contributed by atoms with van der Waals surface area (Å²) in [5.74, 6) is 2.26. The zero-order valence-electron chi connectivity index (χ0n) is 17.5. The van der Waals surface area contributed by atoms with Crippen molar-refractivity contribution in [1.82, 2.24) is 0 Å². The Balaban J connectivity index is 1.58.